The number of hydrogen-bond donors (Lipinski definition) is 2. The molecule has 0 saturated heterocycles. The zero-order chi connectivity index (χ0) is 19.1. The molecular weight excluding hydrogens is 340 g/mol. The summed E-state index contributed by atoms with van der Waals surface area (Å²) in [5, 5.41) is 6.03. The zero-order valence-corrected chi connectivity index (χ0v) is 15.4. The van der Waals surface area contributed by atoms with E-state index < -0.39 is 0 Å². The van der Waals surface area contributed by atoms with Crippen LogP contribution in [0.3, 0.4) is 0 Å². The molecule has 0 bridgehead atoms. The minimum Gasteiger partial charge on any atom is -0.496 e. The summed E-state index contributed by atoms with van der Waals surface area (Å²) in [5.41, 5.74) is 3.52. The van der Waals surface area contributed by atoms with Crippen molar-refractivity contribution in [2.75, 3.05) is 12.4 Å². The van der Waals surface area contributed by atoms with Gasteiger partial charge < -0.3 is 15.4 Å². The molecular formula is C21H22N4O2. The van der Waals surface area contributed by atoms with E-state index in [4.69, 9.17) is 4.74 Å². The number of aryl methyl sites for hydroxylation is 1. The molecule has 6 nitrogen and oxygen atoms in total. The SMILES string of the molecule is COc1ccccc1CNc1nccc(C(=O)NCc2ccccc2C)n1. The van der Waals surface area contributed by atoms with E-state index in [1.54, 1.807) is 19.4 Å². The standard InChI is InChI=1S/C21H22N4O2/c1-15-7-3-4-8-16(15)13-23-20(26)18-11-12-22-21(25-18)24-14-17-9-5-6-10-19(17)27-2/h3-12H,13-14H2,1-2H3,(H,23,26)(H,22,24,25). The van der Waals surface area contributed by atoms with E-state index in [1.807, 2.05) is 55.5 Å². The van der Waals surface area contributed by atoms with E-state index in [-0.39, 0.29) is 5.91 Å². The first kappa shape index (κ1) is 18.4. The Kier molecular flexibility index (Phi) is 5.99. The summed E-state index contributed by atoms with van der Waals surface area (Å²) in [6.07, 6.45) is 1.57. The van der Waals surface area contributed by atoms with Gasteiger partial charge in [0.1, 0.15) is 11.4 Å². The number of methoxy groups -OCH3 is 1. The number of para-hydroxylation sites is 1. The molecule has 27 heavy (non-hydrogen) atoms. The Morgan fingerprint density at radius 2 is 1.74 bits per heavy atom. The predicted octanol–water partition coefficient (Wildman–Crippen LogP) is 3.34. The highest BCUT2D eigenvalue weighted by molar-refractivity contribution is 5.92. The molecule has 0 aliphatic carbocycles. The maximum absolute atomic E-state index is 12.4. The third-order valence-electron chi connectivity index (χ3n) is 4.22. The maximum atomic E-state index is 12.4. The van der Waals surface area contributed by atoms with Crippen molar-refractivity contribution >= 4 is 11.9 Å². The van der Waals surface area contributed by atoms with E-state index >= 15 is 0 Å². The fourth-order valence-electron chi connectivity index (χ4n) is 2.67. The molecule has 0 aliphatic heterocycles. The van der Waals surface area contributed by atoms with Crippen molar-refractivity contribution in [3.8, 4) is 5.75 Å². The number of rotatable bonds is 7. The average Bonchev–Trinajstić information content (AvgIpc) is 2.72. The predicted molar refractivity (Wildman–Crippen MR) is 105 cm³/mol. The van der Waals surface area contributed by atoms with Gasteiger partial charge >= 0.3 is 0 Å². The Hall–Kier alpha value is -3.41. The fraction of sp³-hybridized carbons (Fsp3) is 0.190. The third kappa shape index (κ3) is 4.82. The molecule has 0 atom stereocenters. The van der Waals surface area contributed by atoms with E-state index in [1.165, 1.54) is 0 Å². The van der Waals surface area contributed by atoms with Crippen LogP contribution in [0.2, 0.25) is 0 Å². The number of hydrogen-bond acceptors (Lipinski definition) is 5. The van der Waals surface area contributed by atoms with Crippen molar-refractivity contribution in [1.29, 1.82) is 0 Å². The van der Waals surface area contributed by atoms with Crippen LogP contribution in [0.25, 0.3) is 0 Å². The van der Waals surface area contributed by atoms with Gasteiger partial charge in [0.15, 0.2) is 0 Å². The van der Waals surface area contributed by atoms with Gasteiger partial charge in [0.05, 0.1) is 7.11 Å². The van der Waals surface area contributed by atoms with Crippen LogP contribution in [0.15, 0.2) is 60.8 Å². The van der Waals surface area contributed by atoms with Crippen LogP contribution in [0, 0.1) is 6.92 Å². The smallest absolute Gasteiger partial charge is 0.270 e. The Balaban J connectivity index is 1.62. The highest BCUT2D eigenvalue weighted by Crippen LogP contribution is 2.18. The van der Waals surface area contributed by atoms with Gasteiger partial charge in [-0.3, -0.25) is 4.79 Å². The minimum atomic E-state index is -0.235. The Morgan fingerprint density at radius 3 is 2.52 bits per heavy atom. The lowest BCUT2D eigenvalue weighted by atomic mass is 10.1. The van der Waals surface area contributed by atoms with Crippen LogP contribution in [0.5, 0.6) is 5.75 Å². The lowest BCUT2D eigenvalue weighted by Crippen LogP contribution is -2.24. The number of nitrogens with zero attached hydrogens (tertiary/aromatic N) is 2. The number of carbonyl (C=O) groups is 1. The Labute approximate surface area is 158 Å². The summed E-state index contributed by atoms with van der Waals surface area (Å²) in [5.74, 6) is 0.947. The summed E-state index contributed by atoms with van der Waals surface area (Å²) in [7, 11) is 1.63. The van der Waals surface area contributed by atoms with Gasteiger partial charge in [-0.25, -0.2) is 9.97 Å². The number of nitrogens with one attached hydrogen (secondary N) is 2. The van der Waals surface area contributed by atoms with Crippen molar-refractivity contribution < 1.29 is 9.53 Å². The molecule has 138 valence electrons. The van der Waals surface area contributed by atoms with Gasteiger partial charge in [0.2, 0.25) is 5.95 Å². The molecule has 2 N–H and O–H groups in total. The minimum absolute atomic E-state index is 0.235. The van der Waals surface area contributed by atoms with Gasteiger partial charge in [-0.1, -0.05) is 42.5 Å². The number of aromatic nitrogens is 2. The molecule has 1 heterocycles. The second-order valence-corrected chi connectivity index (χ2v) is 6.04. The summed E-state index contributed by atoms with van der Waals surface area (Å²) < 4.78 is 5.33. The molecule has 0 radical (unpaired) electrons. The average molecular weight is 362 g/mol. The van der Waals surface area contributed by atoms with Crippen LogP contribution in [0.1, 0.15) is 27.2 Å². The first-order chi connectivity index (χ1) is 13.2. The third-order valence-corrected chi connectivity index (χ3v) is 4.22. The zero-order valence-electron chi connectivity index (χ0n) is 15.4. The van der Waals surface area contributed by atoms with Gasteiger partial charge in [-0.05, 0) is 30.2 Å². The molecule has 0 fully saturated rings. The van der Waals surface area contributed by atoms with Crippen molar-refractivity contribution in [1.82, 2.24) is 15.3 Å². The molecule has 0 spiro atoms. The number of benzene rings is 2. The van der Waals surface area contributed by atoms with E-state index in [0.29, 0.717) is 24.7 Å². The van der Waals surface area contributed by atoms with Crippen LogP contribution < -0.4 is 15.4 Å². The molecule has 3 rings (SSSR count). The maximum Gasteiger partial charge on any atom is 0.270 e. The first-order valence-electron chi connectivity index (χ1n) is 8.69. The van der Waals surface area contributed by atoms with Crippen LogP contribution in [0.4, 0.5) is 5.95 Å². The largest absolute Gasteiger partial charge is 0.496 e. The summed E-state index contributed by atoms with van der Waals surface area (Å²) in [6.45, 7) is 2.98. The lowest BCUT2D eigenvalue weighted by molar-refractivity contribution is 0.0946. The monoisotopic (exact) mass is 362 g/mol. The lowest BCUT2D eigenvalue weighted by Gasteiger charge is -2.10. The van der Waals surface area contributed by atoms with Crippen molar-refractivity contribution in [3.05, 3.63) is 83.2 Å². The number of amides is 1. The van der Waals surface area contributed by atoms with E-state index in [9.17, 15) is 4.79 Å². The van der Waals surface area contributed by atoms with Crippen LogP contribution >= 0.6 is 0 Å². The van der Waals surface area contributed by atoms with Crippen molar-refractivity contribution in [2.24, 2.45) is 0 Å². The Morgan fingerprint density at radius 1 is 1.00 bits per heavy atom. The molecule has 3 aromatic rings. The number of anilines is 1. The quantitative estimate of drug-likeness (QED) is 0.674. The molecule has 1 amide bonds. The van der Waals surface area contributed by atoms with Gasteiger partial charge in [0.25, 0.3) is 5.91 Å². The summed E-state index contributed by atoms with van der Waals surface area (Å²) in [6, 6.07) is 17.3. The number of carbonyl (C=O) groups excluding carboxylic acids is 1. The van der Waals surface area contributed by atoms with Gasteiger partial charge in [-0.2, -0.15) is 0 Å². The topological polar surface area (TPSA) is 76.1 Å². The number of ether oxygens (including phenoxy) is 1. The fourth-order valence-corrected chi connectivity index (χ4v) is 2.67. The normalized spacial score (nSPS) is 10.3. The van der Waals surface area contributed by atoms with Crippen molar-refractivity contribution in [3.63, 3.8) is 0 Å². The van der Waals surface area contributed by atoms with Gasteiger partial charge in [0, 0.05) is 24.8 Å². The molecule has 6 heteroatoms. The molecule has 1 aromatic heterocycles. The Bertz CT molecular complexity index is 927. The highest BCUT2D eigenvalue weighted by Gasteiger charge is 2.10. The second-order valence-electron chi connectivity index (χ2n) is 6.04. The molecule has 0 aliphatic rings. The van der Waals surface area contributed by atoms with E-state index in [0.717, 1.165) is 22.4 Å². The first-order valence-corrected chi connectivity index (χ1v) is 8.69. The van der Waals surface area contributed by atoms with Crippen LogP contribution in [-0.4, -0.2) is 23.0 Å². The molecule has 0 saturated carbocycles. The summed E-state index contributed by atoms with van der Waals surface area (Å²) >= 11 is 0. The second kappa shape index (κ2) is 8.80. The van der Waals surface area contributed by atoms with Gasteiger partial charge in [-0.15, -0.1) is 0 Å². The van der Waals surface area contributed by atoms with Crippen molar-refractivity contribution in [2.45, 2.75) is 20.0 Å². The molecule has 0 unspecified atom stereocenters. The van der Waals surface area contributed by atoms with Crippen LogP contribution in [-0.2, 0) is 13.1 Å². The summed E-state index contributed by atoms with van der Waals surface area (Å²) in [4.78, 5) is 20.9. The van der Waals surface area contributed by atoms with E-state index in [2.05, 4.69) is 20.6 Å². The highest BCUT2D eigenvalue weighted by atomic mass is 16.5. The molecule has 2 aromatic carbocycles.